The second kappa shape index (κ2) is 17.9. The van der Waals surface area contributed by atoms with E-state index >= 15 is 0 Å². The third-order valence-electron chi connectivity index (χ3n) is 6.99. The van der Waals surface area contributed by atoms with Gasteiger partial charge in [-0.3, -0.25) is 0 Å². The Balaban J connectivity index is 0.00000432. The molecule has 0 atom stereocenters. The highest BCUT2D eigenvalue weighted by Gasteiger charge is 2.44. The Morgan fingerprint density at radius 3 is 1.00 bits per heavy atom. The van der Waals surface area contributed by atoms with Crippen LogP contribution >= 0.6 is 7.26 Å². The minimum Gasteiger partial charge on any atom is -1.00 e. The first-order valence-electron chi connectivity index (χ1n) is 13.5. The fourth-order valence-corrected chi connectivity index (χ4v) is 9.52. The van der Waals surface area contributed by atoms with E-state index in [1.54, 1.807) is 0 Å². The number of aliphatic hydroxyl groups is 1. The largest absolute Gasteiger partial charge is 1.00 e. The normalized spacial score (nSPS) is 11.2. The monoisotopic (exact) mass is 554 g/mol. The van der Waals surface area contributed by atoms with Gasteiger partial charge in [-0.1, -0.05) is 112 Å². The van der Waals surface area contributed by atoms with Crippen LogP contribution in [0.5, 0.6) is 0 Å². The van der Waals surface area contributed by atoms with E-state index in [0.717, 1.165) is 6.42 Å². The molecule has 0 unspecified atom stereocenters. The average Bonchev–Trinajstić information content (AvgIpc) is 2.91. The Morgan fingerprint density at radius 1 is 0.400 bits per heavy atom. The van der Waals surface area contributed by atoms with Crippen molar-refractivity contribution in [3.05, 3.63) is 91.0 Å². The summed E-state index contributed by atoms with van der Waals surface area (Å²) >= 11 is 0. The van der Waals surface area contributed by atoms with Crippen LogP contribution in [0.4, 0.5) is 0 Å². The molecule has 0 saturated heterocycles. The van der Waals surface area contributed by atoms with E-state index in [0.29, 0.717) is 6.61 Å². The van der Waals surface area contributed by atoms with Gasteiger partial charge in [-0.15, -0.1) is 0 Å². The maximum absolute atomic E-state index is 8.85. The molecule has 0 bridgehead atoms. The van der Waals surface area contributed by atoms with Crippen molar-refractivity contribution in [2.24, 2.45) is 0 Å². The van der Waals surface area contributed by atoms with Gasteiger partial charge in [0.1, 0.15) is 23.2 Å². The summed E-state index contributed by atoms with van der Waals surface area (Å²) in [5, 5.41) is 13.4. The zero-order chi connectivity index (χ0) is 23.7. The SMILES string of the molecule is OCCCCCCCCCCCCCC[P+](c1ccccc1)(c1ccccc1)c1ccccc1.[Br-]. The van der Waals surface area contributed by atoms with Gasteiger partial charge >= 0.3 is 0 Å². The topological polar surface area (TPSA) is 20.2 Å². The van der Waals surface area contributed by atoms with Crippen molar-refractivity contribution in [2.45, 2.75) is 77.0 Å². The summed E-state index contributed by atoms with van der Waals surface area (Å²) in [7, 11) is -1.65. The predicted octanol–water partition coefficient (Wildman–Crippen LogP) is 4.66. The maximum Gasteiger partial charge on any atom is 0.112 e. The standard InChI is InChI=1S/C32H44OP.BrH/c33-28-20-9-7-5-3-1-2-4-6-8-10-21-29-34(30-22-14-11-15-23-30,31-24-16-12-17-25-31)32-26-18-13-19-27-32;/h11-19,22-27,33H,1-10,20-21,28-29H2;1H/q+1;/p-1. The molecule has 0 aromatic heterocycles. The second-order valence-electron chi connectivity index (χ2n) is 9.51. The van der Waals surface area contributed by atoms with Crippen molar-refractivity contribution < 1.29 is 22.1 Å². The van der Waals surface area contributed by atoms with Crippen molar-refractivity contribution >= 4 is 23.2 Å². The summed E-state index contributed by atoms with van der Waals surface area (Å²) in [5.74, 6) is 0. The summed E-state index contributed by atoms with van der Waals surface area (Å²) in [6, 6.07) is 33.8. The van der Waals surface area contributed by atoms with E-state index in [4.69, 9.17) is 5.11 Å². The van der Waals surface area contributed by atoms with Crippen LogP contribution in [0.3, 0.4) is 0 Å². The fraction of sp³-hybridized carbons (Fsp3) is 0.438. The van der Waals surface area contributed by atoms with E-state index in [1.165, 1.54) is 92.7 Å². The number of hydrogen-bond donors (Lipinski definition) is 1. The Hall–Kier alpha value is -1.47. The lowest BCUT2D eigenvalue weighted by atomic mass is 10.1. The lowest BCUT2D eigenvalue weighted by Gasteiger charge is -2.27. The fourth-order valence-electron chi connectivity index (χ4n) is 5.11. The van der Waals surface area contributed by atoms with Crippen LogP contribution in [0.2, 0.25) is 0 Å². The minimum atomic E-state index is -1.65. The first-order chi connectivity index (χ1) is 16.9. The molecular formula is C32H44BrOP. The van der Waals surface area contributed by atoms with E-state index in [9.17, 15) is 0 Å². The zero-order valence-electron chi connectivity index (χ0n) is 21.3. The average molecular weight is 556 g/mol. The third-order valence-corrected chi connectivity index (χ3v) is 11.5. The lowest BCUT2D eigenvalue weighted by molar-refractivity contribution is -0.00000801. The van der Waals surface area contributed by atoms with E-state index < -0.39 is 7.26 Å². The van der Waals surface area contributed by atoms with Crippen molar-refractivity contribution in [2.75, 3.05) is 12.8 Å². The molecule has 3 heteroatoms. The van der Waals surface area contributed by atoms with Crippen LogP contribution < -0.4 is 32.9 Å². The van der Waals surface area contributed by atoms with E-state index in [1.807, 2.05) is 0 Å². The number of hydrogen-bond acceptors (Lipinski definition) is 1. The lowest BCUT2D eigenvalue weighted by Crippen LogP contribution is -3.00. The Kier molecular flexibility index (Phi) is 15.2. The molecule has 0 heterocycles. The molecule has 190 valence electrons. The number of unbranched alkanes of at least 4 members (excludes halogenated alkanes) is 11. The highest BCUT2D eigenvalue weighted by Crippen LogP contribution is 2.55. The van der Waals surface area contributed by atoms with Crippen molar-refractivity contribution in [1.82, 2.24) is 0 Å². The van der Waals surface area contributed by atoms with Crippen molar-refractivity contribution in [1.29, 1.82) is 0 Å². The molecule has 3 aromatic rings. The molecule has 1 nitrogen and oxygen atoms in total. The third kappa shape index (κ3) is 9.49. The molecule has 0 spiro atoms. The number of aliphatic hydroxyl groups excluding tert-OH is 1. The first-order valence-corrected chi connectivity index (χ1v) is 15.5. The van der Waals surface area contributed by atoms with Gasteiger partial charge in [0.05, 0.1) is 6.16 Å². The molecule has 3 aromatic carbocycles. The molecular weight excluding hydrogens is 511 g/mol. The molecule has 0 aliphatic heterocycles. The van der Waals surface area contributed by atoms with Crippen LogP contribution in [0.15, 0.2) is 91.0 Å². The van der Waals surface area contributed by atoms with Gasteiger partial charge in [-0.2, -0.15) is 0 Å². The molecule has 0 aliphatic carbocycles. The van der Waals surface area contributed by atoms with Gasteiger partial charge in [-0.25, -0.2) is 0 Å². The number of rotatable bonds is 17. The minimum absolute atomic E-state index is 0. The van der Waals surface area contributed by atoms with Crippen molar-refractivity contribution in [3.8, 4) is 0 Å². The van der Waals surface area contributed by atoms with Gasteiger partial charge in [-0.05, 0) is 55.7 Å². The van der Waals surface area contributed by atoms with Gasteiger partial charge in [0.25, 0.3) is 0 Å². The van der Waals surface area contributed by atoms with E-state index in [-0.39, 0.29) is 17.0 Å². The summed E-state index contributed by atoms with van der Waals surface area (Å²) in [4.78, 5) is 0. The van der Waals surface area contributed by atoms with Gasteiger partial charge in [0.15, 0.2) is 0 Å². The van der Waals surface area contributed by atoms with Crippen molar-refractivity contribution in [3.63, 3.8) is 0 Å². The Bertz CT molecular complexity index is 789. The Morgan fingerprint density at radius 2 is 0.686 bits per heavy atom. The summed E-state index contributed by atoms with van der Waals surface area (Å²) in [5.41, 5.74) is 0. The molecule has 1 N–H and O–H groups in total. The first kappa shape index (κ1) is 29.8. The quantitative estimate of drug-likeness (QED) is 0.190. The predicted molar refractivity (Wildman–Crippen MR) is 153 cm³/mol. The summed E-state index contributed by atoms with van der Waals surface area (Å²) in [6.45, 7) is 0.352. The van der Waals surface area contributed by atoms with Crippen LogP contribution in [-0.4, -0.2) is 17.9 Å². The van der Waals surface area contributed by atoms with Crippen LogP contribution in [0.25, 0.3) is 0 Å². The maximum atomic E-state index is 8.85. The van der Waals surface area contributed by atoms with Crippen LogP contribution in [-0.2, 0) is 0 Å². The molecule has 3 rings (SSSR count). The van der Waals surface area contributed by atoms with Crippen LogP contribution in [0, 0.1) is 0 Å². The number of halogens is 1. The zero-order valence-corrected chi connectivity index (χ0v) is 23.8. The molecule has 0 fully saturated rings. The highest BCUT2D eigenvalue weighted by molar-refractivity contribution is 7.95. The van der Waals surface area contributed by atoms with Gasteiger partial charge in [0.2, 0.25) is 0 Å². The molecule has 0 aliphatic rings. The highest BCUT2D eigenvalue weighted by atomic mass is 79.9. The van der Waals surface area contributed by atoms with Crippen LogP contribution in [0.1, 0.15) is 77.0 Å². The Labute approximate surface area is 225 Å². The van der Waals surface area contributed by atoms with Gasteiger partial charge in [0, 0.05) is 6.61 Å². The van der Waals surface area contributed by atoms with E-state index in [2.05, 4.69) is 91.0 Å². The number of benzene rings is 3. The summed E-state index contributed by atoms with van der Waals surface area (Å²) < 4.78 is 0. The smallest absolute Gasteiger partial charge is 0.112 e. The molecule has 35 heavy (non-hydrogen) atoms. The second-order valence-corrected chi connectivity index (χ2v) is 13.1. The molecule has 0 amide bonds. The molecule has 0 radical (unpaired) electrons. The summed E-state index contributed by atoms with van der Waals surface area (Å²) in [6.07, 6.45) is 16.9. The van der Waals surface area contributed by atoms with Gasteiger partial charge < -0.3 is 22.1 Å². The molecule has 0 saturated carbocycles.